The van der Waals surface area contributed by atoms with Crippen molar-refractivity contribution in [3.63, 3.8) is 0 Å². The zero-order chi connectivity index (χ0) is 18.5. The summed E-state index contributed by atoms with van der Waals surface area (Å²) in [4.78, 5) is 6.76. The number of rotatable bonds is 3. The van der Waals surface area contributed by atoms with Gasteiger partial charge in [0, 0.05) is 9.75 Å². The van der Waals surface area contributed by atoms with Crippen LogP contribution in [0.3, 0.4) is 0 Å². The Labute approximate surface area is 177 Å². The maximum atomic E-state index is 6.08. The molecule has 0 saturated heterocycles. The molecule has 0 radical (unpaired) electrons. The van der Waals surface area contributed by atoms with E-state index in [2.05, 4.69) is 35.0 Å². The van der Waals surface area contributed by atoms with Gasteiger partial charge in [0.05, 0.1) is 19.5 Å². The van der Waals surface area contributed by atoms with Crippen LogP contribution in [0.15, 0.2) is 35.0 Å². The molecule has 4 nitrogen and oxygen atoms in total. The molecule has 0 saturated carbocycles. The normalized spacial score (nSPS) is 15.0. The summed E-state index contributed by atoms with van der Waals surface area (Å²) in [5.41, 5.74) is 0. The molecule has 142 valence electrons. The summed E-state index contributed by atoms with van der Waals surface area (Å²) in [6, 6.07) is 8.38. The number of hydrogen-bond donors (Lipinski definition) is 0. The monoisotopic (exact) mass is 446 g/mol. The van der Waals surface area contributed by atoms with Gasteiger partial charge in [-0.25, -0.2) is 0 Å². The summed E-state index contributed by atoms with van der Waals surface area (Å²) in [5.74, 6) is 3.36. The van der Waals surface area contributed by atoms with Crippen LogP contribution in [-0.4, -0.2) is 26.4 Å². The van der Waals surface area contributed by atoms with E-state index in [9.17, 15) is 0 Å². The highest BCUT2D eigenvalue weighted by Gasteiger charge is 2.33. The van der Waals surface area contributed by atoms with Crippen LogP contribution in [0.25, 0.3) is 29.3 Å². The van der Waals surface area contributed by atoms with Gasteiger partial charge in [0.2, 0.25) is 0 Å². The summed E-state index contributed by atoms with van der Waals surface area (Å²) < 4.78 is 24.2. The highest BCUT2D eigenvalue weighted by molar-refractivity contribution is 7.29. The molecular weight excluding hydrogens is 432 g/mol. The van der Waals surface area contributed by atoms with Crippen molar-refractivity contribution in [1.82, 2.24) is 0 Å². The van der Waals surface area contributed by atoms with Crippen molar-refractivity contribution in [1.29, 1.82) is 0 Å². The zero-order valence-electron chi connectivity index (χ0n) is 14.6. The van der Waals surface area contributed by atoms with Crippen molar-refractivity contribution >= 4 is 45.3 Å². The molecule has 0 unspecified atom stereocenters. The van der Waals surface area contributed by atoms with Crippen LogP contribution in [0.1, 0.15) is 0 Å². The number of hydrogen-bond acceptors (Lipinski definition) is 8. The molecule has 0 aromatic carbocycles. The summed E-state index contributed by atoms with van der Waals surface area (Å²) >= 11 is 6.84. The first kappa shape index (κ1) is 16.9. The van der Waals surface area contributed by atoms with Crippen molar-refractivity contribution in [2.75, 3.05) is 26.4 Å². The zero-order valence-corrected chi connectivity index (χ0v) is 17.8. The molecule has 4 aromatic rings. The van der Waals surface area contributed by atoms with Gasteiger partial charge in [0.15, 0.2) is 23.0 Å². The Hall–Kier alpha value is -2.00. The molecule has 8 heteroatoms. The van der Waals surface area contributed by atoms with Crippen LogP contribution in [0, 0.1) is 0 Å². The highest BCUT2D eigenvalue weighted by Crippen LogP contribution is 2.61. The number of thiophene rings is 4. The van der Waals surface area contributed by atoms with Crippen molar-refractivity contribution in [2.45, 2.75) is 0 Å². The second-order valence-corrected chi connectivity index (χ2v) is 10.1. The molecule has 2 aliphatic heterocycles. The molecule has 2 aliphatic rings. The van der Waals surface area contributed by atoms with Gasteiger partial charge in [-0.2, -0.15) is 0 Å². The first-order valence-corrected chi connectivity index (χ1v) is 12.2. The van der Waals surface area contributed by atoms with Crippen molar-refractivity contribution in [3.8, 4) is 52.3 Å². The summed E-state index contributed by atoms with van der Waals surface area (Å²) in [7, 11) is 0. The van der Waals surface area contributed by atoms with E-state index in [0.29, 0.717) is 26.4 Å². The van der Waals surface area contributed by atoms with Crippen molar-refractivity contribution in [3.05, 3.63) is 35.0 Å². The molecule has 0 spiro atoms. The minimum Gasteiger partial charge on any atom is -0.485 e. The Morgan fingerprint density at radius 1 is 0.536 bits per heavy atom. The van der Waals surface area contributed by atoms with Crippen molar-refractivity contribution in [2.24, 2.45) is 0 Å². The summed E-state index contributed by atoms with van der Waals surface area (Å²) in [6.45, 7) is 2.26. The molecule has 4 aromatic heterocycles. The smallest absolute Gasteiger partial charge is 0.181 e. The quantitative estimate of drug-likeness (QED) is 0.361. The van der Waals surface area contributed by atoms with Gasteiger partial charge in [-0.1, -0.05) is 12.1 Å². The lowest BCUT2D eigenvalue weighted by atomic mass is 10.2. The van der Waals surface area contributed by atoms with Crippen LogP contribution in [0.2, 0.25) is 0 Å². The van der Waals surface area contributed by atoms with Crippen LogP contribution in [0.4, 0.5) is 0 Å². The maximum absolute atomic E-state index is 6.08. The van der Waals surface area contributed by atoms with Gasteiger partial charge in [-0.15, -0.1) is 45.3 Å². The van der Waals surface area contributed by atoms with E-state index >= 15 is 0 Å². The summed E-state index contributed by atoms with van der Waals surface area (Å²) in [6.07, 6.45) is 0. The molecule has 6 heterocycles. The van der Waals surface area contributed by atoms with Crippen molar-refractivity contribution < 1.29 is 18.9 Å². The average Bonchev–Trinajstić information content (AvgIpc) is 3.52. The third kappa shape index (κ3) is 2.59. The van der Waals surface area contributed by atoms with Gasteiger partial charge in [0.25, 0.3) is 0 Å². The van der Waals surface area contributed by atoms with Crippen LogP contribution in [-0.2, 0) is 0 Å². The lowest BCUT2D eigenvalue weighted by Gasteiger charge is -2.18. The predicted molar refractivity (Wildman–Crippen MR) is 116 cm³/mol. The second-order valence-electron chi connectivity index (χ2n) is 6.19. The fraction of sp³-hybridized carbons (Fsp3) is 0.200. The van der Waals surface area contributed by atoms with E-state index in [4.69, 9.17) is 18.9 Å². The standard InChI is InChI=1S/C20H14O4S4/c1-3-11(25-9-1)17-13-15(23-7-5-21-13)19(27-17)20-16-14(22-6-8-24-16)18(28-20)12-4-2-10-26-12/h1-4,9-10H,5-8H2. The lowest BCUT2D eigenvalue weighted by molar-refractivity contribution is 0.172. The third-order valence-corrected chi connectivity index (χ3v) is 9.06. The Balaban J connectivity index is 1.58. The Kier molecular flexibility index (Phi) is 4.11. The average molecular weight is 447 g/mol. The molecule has 6 rings (SSSR count). The van der Waals surface area contributed by atoms with E-state index in [-0.39, 0.29) is 0 Å². The fourth-order valence-electron chi connectivity index (χ4n) is 3.34. The van der Waals surface area contributed by atoms with E-state index in [0.717, 1.165) is 42.5 Å². The number of fused-ring (bicyclic) bond motifs is 2. The van der Waals surface area contributed by atoms with E-state index in [1.54, 1.807) is 45.3 Å². The second kappa shape index (κ2) is 6.81. The molecule has 28 heavy (non-hydrogen) atoms. The Morgan fingerprint density at radius 2 is 0.929 bits per heavy atom. The van der Waals surface area contributed by atoms with Crippen LogP contribution in [0.5, 0.6) is 23.0 Å². The first-order chi connectivity index (χ1) is 13.9. The van der Waals surface area contributed by atoms with Gasteiger partial charge < -0.3 is 18.9 Å². The van der Waals surface area contributed by atoms with Crippen LogP contribution < -0.4 is 18.9 Å². The Bertz CT molecular complexity index is 1030. The van der Waals surface area contributed by atoms with E-state index in [1.807, 2.05) is 0 Å². The predicted octanol–water partition coefficient (Wildman–Crippen LogP) is 6.48. The molecule has 0 aliphatic carbocycles. The van der Waals surface area contributed by atoms with Gasteiger partial charge in [-0.3, -0.25) is 0 Å². The maximum Gasteiger partial charge on any atom is 0.181 e. The largest absolute Gasteiger partial charge is 0.485 e. The van der Waals surface area contributed by atoms with Gasteiger partial charge >= 0.3 is 0 Å². The Morgan fingerprint density at radius 3 is 1.29 bits per heavy atom. The third-order valence-electron chi connectivity index (χ3n) is 4.49. The van der Waals surface area contributed by atoms with E-state index < -0.39 is 0 Å². The molecule has 0 atom stereocenters. The summed E-state index contributed by atoms with van der Waals surface area (Å²) in [5, 5.41) is 4.17. The topological polar surface area (TPSA) is 36.9 Å². The molecule has 0 amide bonds. The molecule has 0 N–H and O–H groups in total. The molecule has 0 fully saturated rings. The van der Waals surface area contributed by atoms with E-state index in [1.165, 1.54) is 9.75 Å². The van der Waals surface area contributed by atoms with Gasteiger partial charge in [-0.05, 0) is 22.9 Å². The molecule has 0 bridgehead atoms. The SMILES string of the molecule is c1csc(-c2sc(-c3sc(-c4cccs4)c4c3OCCO4)c3c2OCCO3)c1. The minimum atomic E-state index is 0.559. The lowest BCUT2D eigenvalue weighted by Crippen LogP contribution is -2.15. The highest BCUT2D eigenvalue weighted by atomic mass is 32.1. The first-order valence-electron chi connectivity index (χ1n) is 8.83. The number of ether oxygens (including phenoxy) is 4. The van der Waals surface area contributed by atoms with Crippen LogP contribution >= 0.6 is 45.3 Å². The molecular formula is C20H14O4S4. The minimum absolute atomic E-state index is 0.559. The fourth-order valence-corrected chi connectivity index (χ4v) is 7.54. The van der Waals surface area contributed by atoms with Gasteiger partial charge in [0.1, 0.15) is 26.4 Å².